The Hall–Kier alpha value is -2.90. The van der Waals surface area contributed by atoms with Crippen LogP contribution in [0.3, 0.4) is 0 Å². The van der Waals surface area contributed by atoms with E-state index in [9.17, 15) is 27.9 Å². The van der Waals surface area contributed by atoms with Crippen LogP contribution in [0, 0.1) is 12.8 Å². The zero-order chi connectivity index (χ0) is 19.8. The van der Waals surface area contributed by atoms with E-state index in [0.29, 0.717) is 0 Å². The van der Waals surface area contributed by atoms with Crippen molar-refractivity contribution in [2.45, 2.75) is 19.0 Å². The van der Waals surface area contributed by atoms with Crippen molar-refractivity contribution in [2.24, 2.45) is 5.92 Å². The van der Waals surface area contributed by atoms with Crippen LogP contribution in [0.2, 0.25) is 0 Å². The number of aryl methyl sites for hydroxylation is 1. The van der Waals surface area contributed by atoms with E-state index < -0.39 is 29.7 Å². The number of carbonyl (C=O) groups excluding carboxylic acids is 1. The van der Waals surface area contributed by atoms with Gasteiger partial charge in [-0.05, 0) is 24.6 Å². The Morgan fingerprint density at radius 1 is 1.11 bits per heavy atom. The number of hydrogen-bond acceptors (Lipinski definition) is 3. The molecule has 5 nitrogen and oxygen atoms in total. The van der Waals surface area contributed by atoms with Crippen molar-refractivity contribution in [1.29, 1.82) is 0 Å². The summed E-state index contributed by atoms with van der Waals surface area (Å²) in [4.78, 5) is 29.3. The summed E-state index contributed by atoms with van der Waals surface area (Å²) in [6.07, 6.45) is -4.59. The molecule has 8 heteroatoms. The number of carbonyl (C=O) groups is 2. The summed E-state index contributed by atoms with van der Waals surface area (Å²) >= 11 is 0. The number of likely N-dealkylation sites (tertiary alicyclic amines) is 1. The first kappa shape index (κ1) is 18.9. The molecule has 1 amide bonds. The van der Waals surface area contributed by atoms with E-state index in [-0.39, 0.29) is 30.3 Å². The number of rotatable bonds is 3. The normalized spacial score (nSPS) is 19.9. The van der Waals surface area contributed by atoms with Gasteiger partial charge in [0, 0.05) is 19.0 Å². The number of halogens is 3. The number of carboxylic acids is 1. The second kappa shape index (κ2) is 7.02. The molecule has 1 aliphatic rings. The lowest BCUT2D eigenvalue weighted by Gasteiger charge is -2.18. The van der Waals surface area contributed by atoms with E-state index in [0.717, 1.165) is 17.7 Å². The smallest absolute Gasteiger partial charge is 0.433 e. The molecular formula is C19H17F3N2O3. The van der Waals surface area contributed by atoms with Crippen LogP contribution < -0.4 is 0 Å². The van der Waals surface area contributed by atoms with Crippen molar-refractivity contribution in [2.75, 3.05) is 13.1 Å². The molecule has 142 valence electrons. The highest BCUT2D eigenvalue weighted by Gasteiger charge is 2.41. The first-order valence-corrected chi connectivity index (χ1v) is 8.30. The lowest BCUT2D eigenvalue weighted by Crippen LogP contribution is -2.30. The number of pyridine rings is 1. The summed E-state index contributed by atoms with van der Waals surface area (Å²) in [7, 11) is 0. The van der Waals surface area contributed by atoms with Crippen LogP contribution in [0.5, 0.6) is 0 Å². The molecule has 1 aromatic heterocycles. The van der Waals surface area contributed by atoms with Crippen LogP contribution in [0.1, 0.15) is 33.2 Å². The van der Waals surface area contributed by atoms with Crippen LogP contribution in [-0.4, -0.2) is 40.0 Å². The fraction of sp³-hybridized carbons (Fsp3) is 0.316. The van der Waals surface area contributed by atoms with Crippen molar-refractivity contribution in [3.05, 3.63) is 65.0 Å². The number of carboxylic acid groups (broad SMARTS) is 1. The van der Waals surface area contributed by atoms with E-state index in [2.05, 4.69) is 4.98 Å². The van der Waals surface area contributed by atoms with Gasteiger partial charge in [-0.3, -0.25) is 9.59 Å². The first-order valence-electron chi connectivity index (χ1n) is 8.30. The molecule has 2 aromatic rings. The van der Waals surface area contributed by atoms with Crippen molar-refractivity contribution in [3.63, 3.8) is 0 Å². The minimum Gasteiger partial charge on any atom is -0.481 e. The second-order valence-electron chi connectivity index (χ2n) is 6.50. The van der Waals surface area contributed by atoms with Crippen molar-refractivity contribution in [1.82, 2.24) is 9.88 Å². The summed E-state index contributed by atoms with van der Waals surface area (Å²) in [5, 5.41) is 9.52. The Labute approximate surface area is 153 Å². The predicted octanol–water partition coefficient (Wildman–Crippen LogP) is 3.35. The third-order valence-corrected chi connectivity index (χ3v) is 4.76. The molecule has 2 unspecified atom stereocenters. The van der Waals surface area contributed by atoms with Gasteiger partial charge in [-0.1, -0.05) is 30.3 Å². The van der Waals surface area contributed by atoms with Crippen LogP contribution in [-0.2, 0) is 11.0 Å². The number of nitrogens with zero attached hydrogens (tertiary/aromatic N) is 2. The highest BCUT2D eigenvalue weighted by atomic mass is 19.4. The number of aromatic nitrogens is 1. The lowest BCUT2D eigenvalue weighted by molar-refractivity contribution is -0.142. The summed E-state index contributed by atoms with van der Waals surface area (Å²) in [5.74, 6) is -2.69. The maximum atomic E-state index is 12.8. The Morgan fingerprint density at radius 3 is 2.33 bits per heavy atom. The highest BCUT2D eigenvalue weighted by molar-refractivity contribution is 5.96. The molecule has 0 spiro atoms. The SMILES string of the molecule is Cc1nc(C(F)(F)F)ccc1C(=O)N1CC(C(=O)O)C(c2ccccc2)C1. The van der Waals surface area contributed by atoms with E-state index in [1.54, 1.807) is 24.3 Å². The Kier molecular flexibility index (Phi) is 4.91. The fourth-order valence-electron chi connectivity index (χ4n) is 3.37. The van der Waals surface area contributed by atoms with E-state index in [4.69, 9.17) is 0 Å². The van der Waals surface area contributed by atoms with Gasteiger partial charge >= 0.3 is 12.1 Å². The Balaban J connectivity index is 1.87. The van der Waals surface area contributed by atoms with E-state index >= 15 is 0 Å². The molecule has 1 saturated heterocycles. The predicted molar refractivity (Wildman–Crippen MR) is 90.2 cm³/mol. The Morgan fingerprint density at radius 2 is 1.78 bits per heavy atom. The molecule has 2 heterocycles. The average molecular weight is 378 g/mol. The largest absolute Gasteiger partial charge is 0.481 e. The van der Waals surface area contributed by atoms with E-state index in [1.165, 1.54) is 11.8 Å². The molecule has 0 aliphatic carbocycles. The molecule has 1 aromatic carbocycles. The van der Waals surface area contributed by atoms with E-state index in [1.807, 2.05) is 6.07 Å². The molecule has 0 bridgehead atoms. The number of aliphatic carboxylic acids is 1. The van der Waals surface area contributed by atoms with Gasteiger partial charge in [-0.25, -0.2) is 4.98 Å². The van der Waals surface area contributed by atoms with Gasteiger partial charge in [0.2, 0.25) is 0 Å². The van der Waals surface area contributed by atoms with Crippen LogP contribution in [0.4, 0.5) is 13.2 Å². The zero-order valence-electron chi connectivity index (χ0n) is 14.4. The standard InChI is InChI=1S/C19H17F3N2O3/c1-11-13(7-8-16(23-11)19(20,21)22)17(25)24-9-14(15(10-24)18(26)27)12-5-3-2-4-6-12/h2-8,14-15H,9-10H2,1H3,(H,26,27). The van der Waals surface area contributed by atoms with Crippen molar-refractivity contribution < 1.29 is 27.9 Å². The average Bonchev–Trinajstić information content (AvgIpc) is 3.07. The van der Waals surface area contributed by atoms with Crippen molar-refractivity contribution >= 4 is 11.9 Å². The number of hydrogen-bond donors (Lipinski definition) is 1. The van der Waals surface area contributed by atoms with Crippen LogP contribution in [0.15, 0.2) is 42.5 Å². The molecule has 1 aliphatic heterocycles. The zero-order valence-corrected chi connectivity index (χ0v) is 14.4. The van der Waals surface area contributed by atoms with Gasteiger partial charge < -0.3 is 10.0 Å². The van der Waals surface area contributed by atoms with Crippen molar-refractivity contribution in [3.8, 4) is 0 Å². The third-order valence-electron chi connectivity index (χ3n) is 4.76. The molecule has 1 fully saturated rings. The van der Waals surface area contributed by atoms with Crippen LogP contribution >= 0.6 is 0 Å². The lowest BCUT2D eigenvalue weighted by atomic mass is 9.89. The minimum absolute atomic E-state index is 0.00576. The van der Waals surface area contributed by atoms with Gasteiger partial charge in [0.05, 0.1) is 17.2 Å². The molecule has 3 rings (SSSR count). The third kappa shape index (κ3) is 3.79. The summed E-state index contributed by atoms with van der Waals surface area (Å²) in [6, 6.07) is 10.9. The van der Waals surface area contributed by atoms with Gasteiger partial charge in [-0.15, -0.1) is 0 Å². The quantitative estimate of drug-likeness (QED) is 0.889. The summed E-state index contributed by atoms with van der Waals surface area (Å²) in [6.45, 7) is 1.51. The number of benzene rings is 1. The van der Waals surface area contributed by atoms with Gasteiger partial charge in [0.15, 0.2) is 0 Å². The maximum absolute atomic E-state index is 12.8. The summed E-state index contributed by atoms with van der Waals surface area (Å²) < 4.78 is 38.3. The number of amides is 1. The molecule has 27 heavy (non-hydrogen) atoms. The molecule has 0 saturated carbocycles. The number of alkyl halides is 3. The topological polar surface area (TPSA) is 70.5 Å². The fourth-order valence-corrected chi connectivity index (χ4v) is 3.37. The Bertz CT molecular complexity index is 868. The van der Waals surface area contributed by atoms with Crippen LogP contribution in [0.25, 0.3) is 0 Å². The van der Waals surface area contributed by atoms with Gasteiger partial charge in [0.1, 0.15) is 5.69 Å². The molecule has 1 N–H and O–H groups in total. The minimum atomic E-state index is -4.59. The summed E-state index contributed by atoms with van der Waals surface area (Å²) in [5.41, 5.74) is -0.253. The van der Waals surface area contributed by atoms with Gasteiger partial charge in [0.25, 0.3) is 5.91 Å². The monoisotopic (exact) mass is 378 g/mol. The highest BCUT2D eigenvalue weighted by Crippen LogP contribution is 2.34. The van der Waals surface area contributed by atoms with Gasteiger partial charge in [-0.2, -0.15) is 13.2 Å². The molecule has 0 radical (unpaired) electrons. The molecule has 2 atom stereocenters. The second-order valence-corrected chi connectivity index (χ2v) is 6.50. The first-order chi connectivity index (χ1) is 12.7. The molecular weight excluding hydrogens is 361 g/mol. The maximum Gasteiger partial charge on any atom is 0.433 e.